The first-order chi connectivity index (χ1) is 13.1. The maximum atomic E-state index is 13.5. The number of aryl methyl sites for hydroxylation is 1. The van der Waals surface area contributed by atoms with Gasteiger partial charge >= 0.3 is 0 Å². The minimum Gasteiger partial charge on any atom is -0.508 e. The highest BCUT2D eigenvalue weighted by atomic mass is 16.3. The molecule has 0 bridgehead atoms. The fraction of sp³-hybridized carbons (Fsp3) is 0.350. The number of fused-ring (bicyclic) bond motifs is 1. The van der Waals surface area contributed by atoms with Gasteiger partial charge in [0, 0.05) is 29.9 Å². The predicted octanol–water partition coefficient (Wildman–Crippen LogP) is 1.83. The summed E-state index contributed by atoms with van der Waals surface area (Å²) in [6, 6.07) is 9.01. The summed E-state index contributed by atoms with van der Waals surface area (Å²) in [6.45, 7) is 3.62. The van der Waals surface area contributed by atoms with Gasteiger partial charge in [-0.3, -0.25) is 9.89 Å². The number of rotatable bonds is 2. The van der Waals surface area contributed by atoms with E-state index in [4.69, 9.17) is 0 Å². The number of pyridine rings is 1. The number of phenols is 1. The Labute approximate surface area is 155 Å². The molecule has 4 heterocycles. The molecule has 0 radical (unpaired) electrons. The molecule has 27 heavy (non-hydrogen) atoms. The van der Waals surface area contributed by atoms with E-state index in [0.717, 1.165) is 29.7 Å². The lowest BCUT2D eigenvalue weighted by molar-refractivity contribution is 0.0611. The molecule has 1 spiro atoms. The van der Waals surface area contributed by atoms with Crippen molar-refractivity contribution in [3.8, 4) is 17.0 Å². The first-order valence-corrected chi connectivity index (χ1v) is 9.28. The van der Waals surface area contributed by atoms with Gasteiger partial charge in [-0.1, -0.05) is 0 Å². The summed E-state index contributed by atoms with van der Waals surface area (Å²) in [5.41, 5.74) is 3.78. The topological polar surface area (TPSA) is 94.1 Å². The van der Waals surface area contributed by atoms with Gasteiger partial charge < -0.3 is 15.3 Å². The van der Waals surface area contributed by atoms with Crippen LogP contribution in [0, 0.1) is 12.8 Å². The van der Waals surface area contributed by atoms with E-state index in [-0.39, 0.29) is 17.2 Å². The van der Waals surface area contributed by atoms with Crippen molar-refractivity contribution in [2.45, 2.75) is 24.9 Å². The minimum absolute atomic E-state index is 0.0602. The molecule has 3 atom stereocenters. The molecule has 2 saturated heterocycles. The van der Waals surface area contributed by atoms with Crippen molar-refractivity contribution in [3.05, 3.63) is 41.6 Å². The molecule has 2 aliphatic heterocycles. The van der Waals surface area contributed by atoms with Gasteiger partial charge in [0.15, 0.2) is 5.65 Å². The molecule has 3 unspecified atom stereocenters. The Bertz CT molecular complexity index is 1100. The minimum atomic E-state index is 0.0602. The molecule has 3 aliphatic rings. The van der Waals surface area contributed by atoms with Gasteiger partial charge in [0.05, 0.1) is 22.7 Å². The molecule has 7 heteroatoms. The Morgan fingerprint density at radius 1 is 1.33 bits per heavy atom. The molecule has 1 aliphatic carbocycles. The molecular formula is C20H19N5O2. The van der Waals surface area contributed by atoms with Gasteiger partial charge in [0.25, 0.3) is 5.91 Å². The number of nitrogens with zero attached hydrogens (tertiary/aromatic N) is 3. The highest BCUT2D eigenvalue weighted by Crippen LogP contribution is 2.57. The Balaban J connectivity index is 1.48. The van der Waals surface area contributed by atoms with E-state index in [1.165, 1.54) is 6.42 Å². The number of hydrogen-bond acceptors (Lipinski definition) is 5. The highest BCUT2D eigenvalue weighted by Gasteiger charge is 2.71. The van der Waals surface area contributed by atoms with E-state index < -0.39 is 0 Å². The van der Waals surface area contributed by atoms with E-state index in [1.54, 1.807) is 24.3 Å². The Morgan fingerprint density at radius 2 is 2.15 bits per heavy atom. The molecule has 6 rings (SSSR count). The molecular weight excluding hydrogens is 342 g/mol. The van der Waals surface area contributed by atoms with E-state index in [2.05, 4.69) is 20.5 Å². The molecule has 136 valence electrons. The van der Waals surface area contributed by atoms with Crippen molar-refractivity contribution in [2.24, 2.45) is 5.92 Å². The number of amides is 1. The van der Waals surface area contributed by atoms with Crippen molar-refractivity contribution in [1.82, 2.24) is 25.4 Å². The SMILES string of the molecule is Cc1[nH]nc2nc(-c3ccc(O)cc3)cc(C(=O)N3CC4CC45NCC35)c12. The number of benzene rings is 1. The van der Waals surface area contributed by atoms with Crippen molar-refractivity contribution >= 4 is 16.9 Å². The number of hydrogen-bond donors (Lipinski definition) is 3. The van der Waals surface area contributed by atoms with Crippen molar-refractivity contribution in [2.75, 3.05) is 13.1 Å². The number of likely N-dealkylation sites (tertiary alicyclic amines) is 1. The second kappa shape index (κ2) is 4.86. The zero-order chi connectivity index (χ0) is 18.3. The fourth-order valence-electron chi connectivity index (χ4n) is 4.91. The first kappa shape index (κ1) is 15.2. The van der Waals surface area contributed by atoms with Crippen LogP contribution >= 0.6 is 0 Å². The van der Waals surface area contributed by atoms with Crippen LogP contribution < -0.4 is 5.32 Å². The molecule has 2 aromatic heterocycles. The molecule has 1 amide bonds. The van der Waals surface area contributed by atoms with Crippen LogP contribution in [0.1, 0.15) is 22.5 Å². The summed E-state index contributed by atoms with van der Waals surface area (Å²) in [4.78, 5) is 20.2. The lowest BCUT2D eigenvalue weighted by Crippen LogP contribution is -2.64. The predicted molar refractivity (Wildman–Crippen MR) is 99.4 cm³/mol. The maximum Gasteiger partial charge on any atom is 0.255 e. The summed E-state index contributed by atoms with van der Waals surface area (Å²) in [5, 5.41) is 21.1. The number of carbonyl (C=O) groups is 1. The van der Waals surface area contributed by atoms with Crippen LogP contribution in [0.2, 0.25) is 0 Å². The molecule has 3 fully saturated rings. The first-order valence-electron chi connectivity index (χ1n) is 9.28. The number of aromatic nitrogens is 3. The van der Waals surface area contributed by atoms with E-state index in [9.17, 15) is 9.90 Å². The lowest BCUT2D eigenvalue weighted by Gasteiger charge is -2.41. The van der Waals surface area contributed by atoms with Gasteiger partial charge in [0.2, 0.25) is 0 Å². The molecule has 1 saturated carbocycles. The van der Waals surface area contributed by atoms with Gasteiger partial charge in [-0.15, -0.1) is 0 Å². The molecule has 3 aromatic rings. The third-order valence-electron chi connectivity index (χ3n) is 6.52. The second-order valence-electron chi connectivity index (χ2n) is 7.94. The average molecular weight is 361 g/mol. The van der Waals surface area contributed by atoms with Gasteiger partial charge in [0.1, 0.15) is 5.75 Å². The summed E-state index contributed by atoms with van der Waals surface area (Å²) >= 11 is 0. The number of H-pyrrole nitrogens is 1. The standard InChI is InChI=1S/C20H19N5O2/c1-10-17-14(19(27)25-9-12-7-20(12)16(25)8-21-20)6-15(22-18(17)24-23-10)11-2-4-13(26)5-3-11/h2-6,12,16,21,26H,7-9H2,1H3,(H,22,23,24). The van der Waals surface area contributed by atoms with Crippen LogP contribution in [-0.2, 0) is 0 Å². The number of aromatic amines is 1. The van der Waals surface area contributed by atoms with Crippen LogP contribution in [0.5, 0.6) is 5.75 Å². The number of carbonyl (C=O) groups excluding carboxylic acids is 1. The van der Waals surface area contributed by atoms with Gasteiger partial charge in [-0.25, -0.2) is 4.98 Å². The summed E-state index contributed by atoms with van der Waals surface area (Å²) in [7, 11) is 0. The zero-order valence-electron chi connectivity index (χ0n) is 14.9. The van der Waals surface area contributed by atoms with Crippen molar-refractivity contribution in [1.29, 1.82) is 0 Å². The van der Waals surface area contributed by atoms with Crippen LogP contribution in [0.4, 0.5) is 0 Å². The van der Waals surface area contributed by atoms with Gasteiger partial charge in [-0.2, -0.15) is 5.10 Å². The quantitative estimate of drug-likeness (QED) is 0.647. The largest absolute Gasteiger partial charge is 0.508 e. The van der Waals surface area contributed by atoms with Crippen LogP contribution in [0.3, 0.4) is 0 Å². The molecule has 7 nitrogen and oxygen atoms in total. The van der Waals surface area contributed by atoms with Crippen LogP contribution in [0.25, 0.3) is 22.3 Å². The van der Waals surface area contributed by atoms with E-state index in [0.29, 0.717) is 28.9 Å². The number of nitrogens with one attached hydrogen (secondary N) is 2. The van der Waals surface area contributed by atoms with E-state index >= 15 is 0 Å². The summed E-state index contributed by atoms with van der Waals surface area (Å²) < 4.78 is 0. The second-order valence-corrected chi connectivity index (χ2v) is 7.94. The van der Waals surface area contributed by atoms with Crippen molar-refractivity contribution < 1.29 is 9.90 Å². The summed E-state index contributed by atoms with van der Waals surface area (Å²) in [6.07, 6.45) is 1.19. The third-order valence-corrected chi connectivity index (χ3v) is 6.52. The maximum absolute atomic E-state index is 13.5. The third kappa shape index (κ3) is 1.92. The molecule has 1 aromatic carbocycles. The fourth-order valence-corrected chi connectivity index (χ4v) is 4.91. The average Bonchev–Trinajstić information content (AvgIpc) is 3.23. The normalized spacial score (nSPS) is 28.0. The smallest absolute Gasteiger partial charge is 0.255 e. The Hall–Kier alpha value is -2.93. The molecule has 3 N–H and O–H groups in total. The monoisotopic (exact) mass is 361 g/mol. The highest BCUT2D eigenvalue weighted by molar-refractivity contribution is 6.07. The summed E-state index contributed by atoms with van der Waals surface area (Å²) in [5.74, 6) is 0.857. The van der Waals surface area contributed by atoms with Crippen LogP contribution in [0.15, 0.2) is 30.3 Å². The lowest BCUT2D eigenvalue weighted by atomic mass is 9.96. The number of aromatic hydroxyl groups is 1. The van der Waals surface area contributed by atoms with Crippen molar-refractivity contribution in [3.63, 3.8) is 0 Å². The Kier molecular flexibility index (Phi) is 2.73. The number of phenolic OH excluding ortho intramolecular Hbond substituents is 1. The van der Waals surface area contributed by atoms with Gasteiger partial charge in [-0.05, 0) is 49.6 Å². The zero-order valence-corrected chi connectivity index (χ0v) is 14.9. The Morgan fingerprint density at radius 3 is 2.85 bits per heavy atom. The number of piperidine rings is 1. The van der Waals surface area contributed by atoms with E-state index in [1.807, 2.05) is 17.9 Å². The van der Waals surface area contributed by atoms with Crippen LogP contribution in [-0.4, -0.2) is 55.8 Å².